The van der Waals surface area contributed by atoms with Crippen LogP contribution in [-0.2, 0) is 20.8 Å². The molecule has 6 nitrogen and oxygen atoms in total. The molecule has 2 rings (SSSR count). The molecule has 1 aliphatic heterocycles. The van der Waals surface area contributed by atoms with E-state index < -0.39 is 23.8 Å². The van der Waals surface area contributed by atoms with Crippen LogP contribution in [0.5, 0.6) is 0 Å². The molecule has 3 N–H and O–H groups in total. The second-order valence-electron chi connectivity index (χ2n) is 5.00. The minimum Gasteiger partial charge on any atom is -0.480 e. The largest absolute Gasteiger partial charge is 0.480 e. The number of carboxylic acid groups (broad SMARTS) is 1. The number of primary amides is 1. The Morgan fingerprint density at radius 2 is 2.10 bits per heavy atom. The van der Waals surface area contributed by atoms with Crippen LogP contribution >= 0.6 is 11.6 Å². The van der Waals surface area contributed by atoms with Crippen LogP contribution < -0.4 is 5.73 Å². The van der Waals surface area contributed by atoms with Crippen LogP contribution in [0.3, 0.4) is 0 Å². The number of nitrogens with two attached hydrogens (primary N) is 1. The first-order valence-electron chi connectivity index (χ1n) is 6.45. The van der Waals surface area contributed by atoms with E-state index in [0.717, 1.165) is 0 Å². The van der Waals surface area contributed by atoms with E-state index in [2.05, 4.69) is 0 Å². The monoisotopic (exact) mass is 310 g/mol. The van der Waals surface area contributed by atoms with Crippen LogP contribution in [0.4, 0.5) is 0 Å². The number of hydrogen-bond acceptors (Lipinski definition) is 3. The van der Waals surface area contributed by atoms with E-state index in [1.54, 1.807) is 24.3 Å². The molecule has 7 heteroatoms. The van der Waals surface area contributed by atoms with Crippen molar-refractivity contribution in [3.8, 4) is 0 Å². The van der Waals surface area contributed by atoms with E-state index in [1.165, 1.54) is 4.90 Å². The fourth-order valence-corrected chi connectivity index (χ4v) is 2.64. The summed E-state index contributed by atoms with van der Waals surface area (Å²) in [6.45, 7) is 0.0373. The Balaban J connectivity index is 2.20. The summed E-state index contributed by atoms with van der Waals surface area (Å²) in [5.41, 5.74) is 5.83. The van der Waals surface area contributed by atoms with Crippen molar-refractivity contribution >= 4 is 29.4 Å². The lowest BCUT2D eigenvalue weighted by Crippen LogP contribution is -2.44. The second kappa shape index (κ2) is 6.13. The summed E-state index contributed by atoms with van der Waals surface area (Å²) in [6, 6.07) is 5.81. The Bertz CT molecular complexity index is 590. The van der Waals surface area contributed by atoms with Crippen LogP contribution in [0.15, 0.2) is 24.3 Å². The van der Waals surface area contributed by atoms with Gasteiger partial charge in [-0.25, -0.2) is 4.79 Å². The number of carbonyl (C=O) groups excluding carboxylic acids is 2. The van der Waals surface area contributed by atoms with Gasteiger partial charge in [0.2, 0.25) is 11.8 Å². The molecule has 21 heavy (non-hydrogen) atoms. The Hall–Kier alpha value is -2.08. The van der Waals surface area contributed by atoms with Crippen molar-refractivity contribution in [3.05, 3.63) is 34.9 Å². The van der Waals surface area contributed by atoms with Gasteiger partial charge in [-0.05, 0) is 11.6 Å². The molecule has 1 heterocycles. The van der Waals surface area contributed by atoms with E-state index in [9.17, 15) is 19.5 Å². The van der Waals surface area contributed by atoms with E-state index >= 15 is 0 Å². The van der Waals surface area contributed by atoms with Gasteiger partial charge >= 0.3 is 5.97 Å². The quantitative estimate of drug-likeness (QED) is 0.834. The van der Waals surface area contributed by atoms with Crippen LogP contribution in [0.2, 0.25) is 5.02 Å². The number of nitrogens with zero attached hydrogens (tertiary/aromatic N) is 1. The molecular weight excluding hydrogens is 296 g/mol. The molecule has 1 unspecified atom stereocenters. The Morgan fingerprint density at radius 3 is 2.62 bits per heavy atom. The Kier molecular flexibility index (Phi) is 4.47. The molecule has 1 aromatic carbocycles. The number of hydrogen-bond donors (Lipinski definition) is 2. The second-order valence-corrected chi connectivity index (χ2v) is 5.41. The van der Waals surface area contributed by atoms with Gasteiger partial charge in [0.05, 0.1) is 5.92 Å². The first-order chi connectivity index (χ1) is 9.90. The van der Waals surface area contributed by atoms with Gasteiger partial charge in [-0.1, -0.05) is 29.8 Å². The van der Waals surface area contributed by atoms with E-state index in [4.69, 9.17) is 17.3 Å². The fourth-order valence-electron chi connectivity index (χ4n) is 2.43. The van der Waals surface area contributed by atoms with Gasteiger partial charge in [0.1, 0.15) is 6.04 Å². The highest BCUT2D eigenvalue weighted by Gasteiger charge is 2.39. The molecule has 1 aromatic rings. The molecule has 1 fully saturated rings. The Labute approximate surface area is 126 Å². The van der Waals surface area contributed by atoms with Crippen molar-refractivity contribution in [2.24, 2.45) is 11.7 Å². The zero-order valence-corrected chi connectivity index (χ0v) is 11.9. The number of amides is 2. The van der Waals surface area contributed by atoms with Gasteiger partial charge < -0.3 is 15.7 Å². The molecular formula is C14H15ClN2O4. The summed E-state index contributed by atoms with van der Waals surface area (Å²) in [5.74, 6) is -2.73. The highest BCUT2D eigenvalue weighted by molar-refractivity contribution is 6.31. The zero-order chi connectivity index (χ0) is 15.6. The third kappa shape index (κ3) is 3.33. The Morgan fingerprint density at radius 1 is 1.43 bits per heavy atom. The van der Waals surface area contributed by atoms with Crippen molar-refractivity contribution in [3.63, 3.8) is 0 Å². The maximum absolute atomic E-state index is 11.9. The molecule has 0 bridgehead atoms. The van der Waals surface area contributed by atoms with E-state index in [0.29, 0.717) is 10.6 Å². The molecule has 0 aromatic heterocycles. The maximum atomic E-state index is 11.9. The number of rotatable bonds is 5. The summed E-state index contributed by atoms with van der Waals surface area (Å²) in [5, 5.41) is 9.82. The number of likely N-dealkylation sites (tertiary alicyclic amines) is 1. The van der Waals surface area contributed by atoms with Gasteiger partial charge in [0.15, 0.2) is 0 Å². The number of carbonyl (C=O) groups is 3. The van der Waals surface area contributed by atoms with Crippen LogP contribution in [-0.4, -0.2) is 40.4 Å². The third-order valence-corrected chi connectivity index (χ3v) is 3.96. The normalized spacial score (nSPS) is 19.6. The summed E-state index contributed by atoms with van der Waals surface area (Å²) in [6.07, 6.45) is 0.0495. The molecule has 0 spiro atoms. The van der Waals surface area contributed by atoms with E-state index in [-0.39, 0.29) is 25.3 Å². The topological polar surface area (TPSA) is 101 Å². The van der Waals surface area contributed by atoms with Gasteiger partial charge in [0.25, 0.3) is 0 Å². The summed E-state index contributed by atoms with van der Waals surface area (Å²) < 4.78 is 0. The molecule has 2 atom stereocenters. The average molecular weight is 311 g/mol. The lowest BCUT2D eigenvalue weighted by molar-refractivity contribution is -0.148. The molecule has 0 saturated carbocycles. The van der Waals surface area contributed by atoms with Crippen LogP contribution in [0.25, 0.3) is 0 Å². The predicted molar refractivity (Wildman–Crippen MR) is 75.6 cm³/mol. The maximum Gasteiger partial charge on any atom is 0.326 e. The highest BCUT2D eigenvalue weighted by atomic mass is 35.5. The van der Waals surface area contributed by atoms with Crippen molar-refractivity contribution in [1.29, 1.82) is 0 Å². The first-order valence-corrected chi connectivity index (χ1v) is 6.83. The van der Waals surface area contributed by atoms with Crippen molar-refractivity contribution in [1.82, 2.24) is 4.90 Å². The molecule has 2 amide bonds. The van der Waals surface area contributed by atoms with Gasteiger partial charge in [0, 0.05) is 24.4 Å². The molecule has 0 radical (unpaired) electrons. The summed E-state index contributed by atoms with van der Waals surface area (Å²) >= 11 is 6.02. The smallest absolute Gasteiger partial charge is 0.326 e. The lowest BCUT2D eigenvalue weighted by Gasteiger charge is -2.25. The first kappa shape index (κ1) is 15.3. The van der Waals surface area contributed by atoms with Crippen molar-refractivity contribution in [2.75, 3.05) is 6.54 Å². The molecule has 0 aliphatic carbocycles. The van der Waals surface area contributed by atoms with Gasteiger partial charge in [-0.15, -0.1) is 0 Å². The zero-order valence-electron chi connectivity index (χ0n) is 11.2. The minimum absolute atomic E-state index is 0.0373. The molecule has 1 saturated heterocycles. The summed E-state index contributed by atoms with van der Waals surface area (Å²) in [4.78, 5) is 35.8. The number of carboxylic acids is 1. The SMILES string of the molecule is NC(=O)C1CC(=O)N([C@@H](Cc2ccccc2Cl)C(=O)O)C1. The fraction of sp³-hybridized carbons (Fsp3) is 0.357. The number of benzene rings is 1. The standard InChI is InChI=1S/C14H15ClN2O4/c15-10-4-2-1-3-8(10)5-11(14(20)21)17-7-9(13(16)19)6-12(17)18/h1-4,9,11H,5-7H2,(H2,16,19)(H,20,21)/t9?,11-/m0/s1. The highest BCUT2D eigenvalue weighted by Crippen LogP contribution is 2.24. The predicted octanol–water partition coefficient (Wildman–Crippen LogP) is 0.669. The average Bonchev–Trinajstić information content (AvgIpc) is 2.79. The van der Waals surface area contributed by atoms with Gasteiger partial charge in [-0.2, -0.15) is 0 Å². The third-order valence-electron chi connectivity index (χ3n) is 3.59. The van der Waals surface area contributed by atoms with Crippen LogP contribution in [0, 0.1) is 5.92 Å². The lowest BCUT2D eigenvalue weighted by atomic mass is 10.0. The number of halogens is 1. The van der Waals surface area contributed by atoms with Crippen LogP contribution in [0.1, 0.15) is 12.0 Å². The molecule has 1 aliphatic rings. The van der Waals surface area contributed by atoms with E-state index in [1.807, 2.05) is 0 Å². The van der Waals surface area contributed by atoms with Gasteiger partial charge in [-0.3, -0.25) is 9.59 Å². The van der Waals surface area contributed by atoms with Crippen molar-refractivity contribution in [2.45, 2.75) is 18.9 Å². The minimum atomic E-state index is -1.13. The number of aliphatic carboxylic acids is 1. The molecule has 112 valence electrons. The summed E-state index contributed by atoms with van der Waals surface area (Å²) in [7, 11) is 0. The van der Waals surface area contributed by atoms with Crippen molar-refractivity contribution < 1.29 is 19.5 Å².